The first-order valence-corrected chi connectivity index (χ1v) is 7.09. The van der Waals surface area contributed by atoms with Gasteiger partial charge in [0.15, 0.2) is 0 Å². The first-order chi connectivity index (χ1) is 8.63. The van der Waals surface area contributed by atoms with E-state index < -0.39 is 0 Å². The fourth-order valence-electron chi connectivity index (χ4n) is 2.57. The summed E-state index contributed by atoms with van der Waals surface area (Å²) in [5, 5.41) is 3.07. The maximum absolute atomic E-state index is 12.1. The zero-order valence-electron chi connectivity index (χ0n) is 10.9. The van der Waals surface area contributed by atoms with Crippen molar-refractivity contribution in [2.75, 3.05) is 0 Å². The van der Waals surface area contributed by atoms with E-state index in [-0.39, 0.29) is 23.2 Å². The van der Waals surface area contributed by atoms with Crippen molar-refractivity contribution in [3.63, 3.8) is 0 Å². The molecule has 2 rings (SSSR count). The van der Waals surface area contributed by atoms with Crippen molar-refractivity contribution in [3.05, 3.63) is 35.4 Å². The van der Waals surface area contributed by atoms with E-state index in [0.29, 0.717) is 0 Å². The Morgan fingerprint density at radius 3 is 2.94 bits per heavy atom. The Morgan fingerprint density at radius 2 is 2.22 bits per heavy atom. The molecule has 1 amide bonds. The summed E-state index contributed by atoms with van der Waals surface area (Å²) in [5.41, 5.74) is 2.43. The molecule has 0 aliphatic heterocycles. The van der Waals surface area contributed by atoms with Crippen molar-refractivity contribution >= 4 is 17.5 Å². The number of fused-ring (bicyclic) bond motifs is 1. The van der Waals surface area contributed by atoms with Crippen molar-refractivity contribution in [2.45, 2.75) is 44.5 Å². The fourth-order valence-corrected chi connectivity index (χ4v) is 2.94. The zero-order valence-corrected chi connectivity index (χ0v) is 11.7. The summed E-state index contributed by atoms with van der Waals surface area (Å²) in [4.78, 5) is 12.1. The van der Waals surface area contributed by atoms with Crippen LogP contribution in [0, 0.1) is 5.92 Å². The van der Waals surface area contributed by atoms with Gasteiger partial charge in [0.05, 0.1) is 11.4 Å². The molecule has 0 radical (unpaired) electrons. The van der Waals surface area contributed by atoms with Gasteiger partial charge in [0.1, 0.15) is 0 Å². The van der Waals surface area contributed by atoms with Crippen molar-refractivity contribution in [3.8, 4) is 0 Å². The minimum absolute atomic E-state index is 0.0276. The molecule has 3 atom stereocenters. The van der Waals surface area contributed by atoms with Gasteiger partial charge in [-0.25, -0.2) is 0 Å². The number of amides is 1. The number of benzene rings is 1. The van der Waals surface area contributed by atoms with E-state index in [0.717, 1.165) is 19.3 Å². The molecule has 1 aliphatic rings. The topological polar surface area (TPSA) is 29.1 Å². The van der Waals surface area contributed by atoms with Gasteiger partial charge in [-0.1, -0.05) is 44.5 Å². The number of carbonyl (C=O) groups excluding carboxylic acids is 1. The zero-order chi connectivity index (χ0) is 13.1. The third-order valence-corrected chi connectivity index (χ3v) is 4.04. The SMILES string of the molecule is CCCC(C)C(=O)NC1c2ccccc2CC1Cl. The van der Waals surface area contributed by atoms with Crippen LogP contribution in [-0.2, 0) is 11.2 Å². The number of hydrogen-bond acceptors (Lipinski definition) is 1. The molecule has 0 spiro atoms. The summed E-state index contributed by atoms with van der Waals surface area (Å²) in [7, 11) is 0. The number of rotatable bonds is 4. The average molecular weight is 266 g/mol. The standard InChI is InChI=1S/C15H20ClNO/c1-3-6-10(2)15(18)17-14-12-8-5-4-7-11(12)9-13(14)16/h4-5,7-8,10,13-14H,3,6,9H2,1-2H3,(H,17,18). The Kier molecular flexibility index (Phi) is 4.28. The van der Waals surface area contributed by atoms with Crippen molar-refractivity contribution in [1.82, 2.24) is 5.32 Å². The molecule has 3 heteroatoms. The Labute approximate surface area is 114 Å². The molecule has 1 aliphatic carbocycles. The molecule has 0 aromatic heterocycles. The maximum atomic E-state index is 12.1. The molecule has 2 nitrogen and oxygen atoms in total. The first kappa shape index (κ1) is 13.4. The highest BCUT2D eigenvalue weighted by molar-refractivity contribution is 6.21. The fraction of sp³-hybridized carbons (Fsp3) is 0.533. The average Bonchev–Trinajstić information content (AvgIpc) is 2.66. The second kappa shape index (κ2) is 5.75. The van der Waals surface area contributed by atoms with Crippen LogP contribution in [0.1, 0.15) is 43.9 Å². The van der Waals surface area contributed by atoms with E-state index in [1.165, 1.54) is 11.1 Å². The number of hydrogen-bond donors (Lipinski definition) is 1. The number of halogens is 1. The first-order valence-electron chi connectivity index (χ1n) is 6.65. The molecule has 0 saturated heterocycles. The Hall–Kier alpha value is -1.02. The lowest BCUT2D eigenvalue weighted by Gasteiger charge is -2.20. The van der Waals surface area contributed by atoms with E-state index in [1.54, 1.807) is 0 Å². The van der Waals surface area contributed by atoms with Crippen molar-refractivity contribution < 1.29 is 4.79 Å². The Balaban J connectivity index is 2.08. The van der Waals surface area contributed by atoms with Crippen LogP contribution in [0.15, 0.2) is 24.3 Å². The molecule has 1 aromatic rings. The van der Waals surface area contributed by atoms with Gasteiger partial charge < -0.3 is 5.32 Å². The summed E-state index contributed by atoms with van der Waals surface area (Å²) >= 11 is 6.35. The lowest BCUT2D eigenvalue weighted by Crippen LogP contribution is -2.35. The van der Waals surface area contributed by atoms with Gasteiger partial charge in [0, 0.05) is 5.92 Å². The van der Waals surface area contributed by atoms with Crippen molar-refractivity contribution in [1.29, 1.82) is 0 Å². The number of alkyl halides is 1. The predicted octanol–water partition coefficient (Wildman–Crippen LogP) is 3.44. The van der Waals surface area contributed by atoms with Gasteiger partial charge in [0.2, 0.25) is 5.91 Å². The third kappa shape index (κ3) is 2.69. The molecule has 1 aromatic carbocycles. The monoisotopic (exact) mass is 265 g/mol. The van der Waals surface area contributed by atoms with Crippen molar-refractivity contribution in [2.24, 2.45) is 5.92 Å². The molecule has 0 heterocycles. The molecule has 3 unspecified atom stereocenters. The van der Waals surface area contributed by atoms with E-state index >= 15 is 0 Å². The van der Waals surface area contributed by atoms with Crippen LogP contribution in [0.25, 0.3) is 0 Å². The molecular weight excluding hydrogens is 246 g/mol. The predicted molar refractivity (Wildman–Crippen MR) is 74.7 cm³/mol. The highest BCUT2D eigenvalue weighted by Crippen LogP contribution is 2.34. The molecule has 0 saturated carbocycles. The van der Waals surface area contributed by atoms with E-state index in [9.17, 15) is 4.79 Å². The lowest BCUT2D eigenvalue weighted by atomic mass is 10.0. The maximum Gasteiger partial charge on any atom is 0.223 e. The summed E-state index contributed by atoms with van der Waals surface area (Å²) in [5.74, 6) is 0.177. The molecule has 0 fully saturated rings. The van der Waals surface area contributed by atoms with E-state index in [1.807, 2.05) is 19.1 Å². The van der Waals surface area contributed by atoms with E-state index in [2.05, 4.69) is 24.4 Å². The normalized spacial score (nSPS) is 23.5. The number of carbonyl (C=O) groups is 1. The summed E-state index contributed by atoms with van der Waals surface area (Å²) in [6.07, 6.45) is 2.79. The van der Waals surface area contributed by atoms with E-state index in [4.69, 9.17) is 11.6 Å². The Morgan fingerprint density at radius 1 is 1.50 bits per heavy atom. The van der Waals surface area contributed by atoms with Gasteiger partial charge in [-0.2, -0.15) is 0 Å². The molecule has 1 N–H and O–H groups in total. The highest BCUT2D eigenvalue weighted by atomic mass is 35.5. The van der Waals surface area contributed by atoms with Crippen LogP contribution in [0.3, 0.4) is 0 Å². The minimum atomic E-state index is -0.0327. The minimum Gasteiger partial charge on any atom is -0.348 e. The number of nitrogens with one attached hydrogen (secondary N) is 1. The van der Waals surface area contributed by atoms with Gasteiger partial charge in [-0.05, 0) is 24.0 Å². The van der Waals surface area contributed by atoms with Gasteiger partial charge in [-0.3, -0.25) is 4.79 Å². The molecule has 0 bridgehead atoms. The summed E-state index contributed by atoms with van der Waals surface area (Å²) < 4.78 is 0. The van der Waals surface area contributed by atoms with Gasteiger partial charge in [0.25, 0.3) is 0 Å². The quantitative estimate of drug-likeness (QED) is 0.830. The molecule has 98 valence electrons. The van der Waals surface area contributed by atoms with Gasteiger partial charge >= 0.3 is 0 Å². The van der Waals surface area contributed by atoms with Crippen LogP contribution in [-0.4, -0.2) is 11.3 Å². The van der Waals surface area contributed by atoms with Crippen LogP contribution in [0.2, 0.25) is 0 Å². The van der Waals surface area contributed by atoms with Crippen LogP contribution >= 0.6 is 11.6 Å². The van der Waals surface area contributed by atoms with Gasteiger partial charge in [-0.15, -0.1) is 11.6 Å². The third-order valence-electron chi connectivity index (χ3n) is 3.63. The van der Waals surface area contributed by atoms with Crippen LogP contribution in [0.4, 0.5) is 0 Å². The highest BCUT2D eigenvalue weighted by Gasteiger charge is 2.32. The molecular formula is C15H20ClNO. The Bertz CT molecular complexity index is 432. The smallest absolute Gasteiger partial charge is 0.223 e. The van der Waals surface area contributed by atoms with Crippen LogP contribution in [0.5, 0.6) is 0 Å². The van der Waals surface area contributed by atoms with Crippen LogP contribution < -0.4 is 5.32 Å². The molecule has 18 heavy (non-hydrogen) atoms. The largest absolute Gasteiger partial charge is 0.348 e. The second-order valence-corrected chi connectivity index (χ2v) is 5.66. The lowest BCUT2D eigenvalue weighted by molar-refractivity contribution is -0.125. The summed E-state index contributed by atoms with van der Waals surface area (Å²) in [6, 6.07) is 8.14. The second-order valence-electron chi connectivity index (χ2n) is 5.09. The summed E-state index contributed by atoms with van der Waals surface area (Å²) in [6.45, 7) is 4.07.